The SMILES string of the molecule is CN(C(=O)[C@H]1CC1(C)C)c1cccnc1. The third-order valence-corrected chi connectivity index (χ3v) is 3.18. The first-order valence-electron chi connectivity index (χ1n) is 5.20. The number of rotatable bonds is 2. The molecular weight excluding hydrogens is 188 g/mol. The molecule has 0 unspecified atom stereocenters. The Morgan fingerprint density at radius 3 is 2.73 bits per heavy atom. The van der Waals surface area contributed by atoms with Gasteiger partial charge in [-0.2, -0.15) is 0 Å². The monoisotopic (exact) mass is 204 g/mol. The minimum atomic E-state index is 0.183. The van der Waals surface area contributed by atoms with E-state index in [0.717, 1.165) is 12.1 Å². The highest BCUT2D eigenvalue weighted by molar-refractivity contribution is 5.96. The first kappa shape index (κ1) is 10.1. The van der Waals surface area contributed by atoms with Crippen molar-refractivity contribution in [3.05, 3.63) is 24.5 Å². The molecule has 1 saturated carbocycles. The Morgan fingerprint density at radius 2 is 2.27 bits per heavy atom. The second-order valence-electron chi connectivity index (χ2n) is 4.85. The summed E-state index contributed by atoms with van der Waals surface area (Å²) in [6.45, 7) is 4.26. The van der Waals surface area contributed by atoms with Gasteiger partial charge in [-0.1, -0.05) is 13.8 Å². The highest BCUT2D eigenvalue weighted by atomic mass is 16.2. The van der Waals surface area contributed by atoms with Crippen molar-refractivity contribution < 1.29 is 4.79 Å². The van der Waals surface area contributed by atoms with Crippen molar-refractivity contribution in [2.45, 2.75) is 20.3 Å². The first-order chi connectivity index (χ1) is 7.02. The van der Waals surface area contributed by atoms with Crippen LogP contribution in [0.5, 0.6) is 0 Å². The molecular formula is C12H16N2O. The van der Waals surface area contributed by atoms with Gasteiger partial charge in [0.15, 0.2) is 0 Å². The third-order valence-electron chi connectivity index (χ3n) is 3.18. The minimum Gasteiger partial charge on any atom is -0.314 e. The van der Waals surface area contributed by atoms with E-state index in [2.05, 4.69) is 18.8 Å². The van der Waals surface area contributed by atoms with Gasteiger partial charge in [0.05, 0.1) is 11.9 Å². The predicted molar refractivity (Wildman–Crippen MR) is 59.5 cm³/mol. The van der Waals surface area contributed by atoms with E-state index in [1.807, 2.05) is 19.2 Å². The molecule has 80 valence electrons. The Morgan fingerprint density at radius 1 is 1.60 bits per heavy atom. The summed E-state index contributed by atoms with van der Waals surface area (Å²) >= 11 is 0. The fourth-order valence-corrected chi connectivity index (χ4v) is 1.80. The Labute approximate surface area is 90.1 Å². The molecule has 1 amide bonds. The quantitative estimate of drug-likeness (QED) is 0.739. The lowest BCUT2D eigenvalue weighted by atomic mass is 10.1. The topological polar surface area (TPSA) is 33.2 Å². The van der Waals surface area contributed by atoms with Gasteiger partial charge < -0.3 is 4.90 Å². The summed E-state index contributed by atoms with van der Waals surface area (Å²) in [4.78, 5) is 17.7. The average molecular weight is 204 g/mol. The average Bonchev–Trinajstić information content (AvgIpc) is 2.87. The van der Waals surface area contributed by atoms with Gasteiger partial charge >= 0.3 is 0 Å². The van der Waals surface area contributed by atoms with Crippen molar-refractivity contribution in [2.24, 2.45) is 11.3 Å². The maximum absolute atomic E-state index is 12.0. The van der Waals surface area contributed by atoms with Gasteiger partial charge in [0.2, 0.25) is 5.91 Å². The Bertz CT molecular complexity index is 372. The molecule has 0 N–H and O–H groups in total. The molecule has 3 nitrogen and oxygen atoms in total. The van der Waals surface area contributed by atoms with E-state index in [0.29, 0.717) is 0 Å². The summed E-state index contributed by atoms with van der Waals surface area (Å²) in [6.07, 6.45) is 4.42. The zero-order chi connectivity index (χ0) is 11.1. The number of pyridine rings is 1. The predicted octanol–water partition coefficient (Wildman–Crippen LogP) is 2.09. The number of amides is 1. The van der Waals surface area contributed by atoms with Crippen LogP contribution in [0.4, 0.5) is 5.69 Å². The first-order valence-corrected chi connectivity index (χ1v) is 5.20. The standard InChI is InChI=1S/C12H16N2O/c1-12(2)7-10(12)11(15)14(3)9-5-4-6-13-8-9/h4-6,8,10H,7H2,1-3H3/t10-/m1/s1. The van der Waals surface area contributed by atoms with E-state index in [9.17, 15) is 4.79 Å². The molecule has 0 radical (unpaired) electrons. The number of hydrogen-bond acceptors (Lipinski definition) is 2. The molecule has 2 rings (SSSR count). The van der Waals surface area contributed by atoms with Gasteiger partial charge in [-0.3, -0.25) is 9.78 Å². The van der Waals surface area contributed by atoms with Gasteiger partial charge in [0.25, 0.3) is 0 Å². The van der Waals surface area contributed by atoms with Crippen molar-refractivity contribution in [1.82, 2.24) is 4.98 Å². The summed E-state index contributed by atoms with van der Waals surface area (Å²) in [5.74, 6) is 0.385. The molecule has 1 atom stereocenters. The molecule has 0 aliphatic heterocycles. The smallest absolute Gasteiger partial charge is 0.230 e. The summed E-state index contributed by atoms with van der Waals surface area (Å²) in [7, 11) is 1.81. The van der Waals surface area contributed by atoms with Gasteiger partial charge in [-0.05, 0) is 24.0 Å². The van der Waals surface area contributed by atoms with Crippen LogP contribution in [-0.2, 0) is 4.79 Å². The zero-order valence-electron chi connectivity index (χ0n) is 9.40. The van der Waals surface area contributed by atoms with Crippen LogP contribution in [-0.4, -0.2) is 17.9 Å². The van der Waals surface area contributed by atoms with Crippen LogP contribution in [0.3, 0.4) is 0 Å². The molecule has 15 heavy (non-hydrogen) atoms. The second-order valence-corrected chi connectivity index (χ2v) is 4.85. The highest BCUT2D eigenvalue weighted by Gasteiger charge is 2.51. The van der Waals surface area contributed by atoms with E-state index in [1.54, 1.807) is 17.3 Å². The van der Waals surface area contributed by atoms with E-state index < -0.39 is 0 Å². The molecule has 1 aliphatic carbocycles. The second kappa shape index (κ2) is 3.33. The number of aromatic nitrogens is 1. The molecule has 0 saturated heterocycles. The maximum Gasteiger partial charge on any atom is 0.230 e. The number of anilines is 1. The highest BCUT2D eigenvalue weighted by Crippen LogP contribution is 2.52. The van der Waals surface area contributed by atoms with Crippen LogP contribution in [0, 0.1) is 11.3 Å². The molecule has 0 aromatic carbocycles. The van der Waals surface area contributed by atoms with E-state index in [4.69, 9.17) is 0 Å². The summed E-state index contributed by atoms with van der Waals surface area (Å²) in [5, 5.41) is 0. The molecule has 1 aliphatic rings. The number of carbonyl (C=O) groups excluding carboxylic acids is 1. The molecule has 1 fully saturated rings. The van der Waals surface area contributed by atoms with Crippen LogP contribution in [0.2, 0.25) is 0 Å². The van der Waals surface area contributed by atoms with Crippen molar-refractivity contribution in [3.63, 3.8) is 0 Å². The largest absolute Gasteiger partial charge is 0.314 e. The maximum atomic E-state index is 12.0. The lowest BCUT2D eigenvalue weighted by Gasteiger charge is -2.17. The Balaban J connectivity index is 2.10. The fourth-order valence-electron chi connectivity index (χ4n) is 1.80. The summed E-state index contributed by atoms with van der Waals surface area (Å²) < 4.78 is 0. The third kappa shape index (κ3) is 1.87. The lowest BCUT2D eigenvalue weighted by molar-refractivity contribution is -0.120. The lowest BCUT2D eigenvalue weighted by Crippen LogP contribution is -2.29. The van der Waals surface area contributed by atoms with Crippen molar-refractivity contribution in [2.75, 3.05) is 11.9 Å². The zero-order valence-corrected chi connectivity index (χ0v) is 9.40. The summed E-state index contributed by atoms with van der Waals surface area (Å²) in [5.41, 5.74) is 1.05. The number of carbonyl (C=O) groups is 1. The van der Waals surface area contributed by atoms with Crippen LogP contribution in [0.25, 0.3) is 0 Å². The molecule has 0 bridgehead atoms. The van der Waals surface area contributed by atoms with Crippen molar-refractivity contribution in [1.29, 1.82) is 0 Å². The molecule has 3 heteroatoms. The molecule has 1 aromatic rings. The van der Waals surface area contributed by atoms with E-state index in [1.165, 1.54) is 0 Å². The molecule has 1 heterocycles. The van der Waals surface area contributed by atoms with Gasteiger partial charge in [-0.15, -0.1) is 0 Å². The van der Waals surface area contributed by atoms with Gasteiger partial charge in [0.1, 0.15) is 0 Å². The number of nitrogens with zero attached hydrogens (tertiary/aromatic N) is 2. The van der Waals surface area contributed by atoms with Crippen LogP contribution >= 0.6 is 0 Å². The molecule has 0 spiro atoms. The summed E-state index contributed by atoms with van der Waals surface area (Å²) in [6, 6.07) is 3.75. The minimum absolute atomic E-state index is 0.183. The fraction of sp³-hybridized carbons (Fsp3) is 0.500. The van der Waals surface area contributed by atoms with Crippen LogP contribution < -0.4 is 4.90 Å². The Kier molecular flexibility index (Phi) is 2.25. The van der Waals surface area contributed by atoms with Gasteiger partial charge in [0, 0.05) is 19.2 Å². The van der Waals surface area contributed by atoms with Crippen LogP contribution in [0.1, 0.15) is 20.3 Å². The van der Waals surface area contributed by atoms with Crippen molar-refractivity contribution >= 4 is 11.6 Å². The van der Waals surface area contributed by atoms with Crippen molar-refractivity contribution in [3.8, 4) is 0 Å². The molecule has 1 aromatic heterocycles. The normalized spacial score (nSPS) is 22.2. The van der Waals surface area contributed by atoms with Gasteiger partial charge in [-0.25, -0.2) is 0 Å². The van der Waals surface area contributed by atoms with Crippen LogP contribution in [0.15, 0.2) is 24.5 Å². The number of hydrogen-bond donors (Lipinski definition) is 0. The Hall–Kier alpha value is -1.38. The van der Waals surface area contributed by atoms with E-state index >= 15 is 0 Å². The van der Waals surface area contributed by atoms with E-state index in [-0.39, 0.29) is 17.2 Å².